The van der Waals surface area contributed by atoms with Crippen molar-refractivity contribution in [2.45, 2.75) is 70.8 Å². The second kappa shape index (κ2) is 15.1. The van der Waals surface area contributed by atoms with Crippen LogP contribution in [0.15, 0.2) is 66.9 Å². The highest BCUT2D eigenvalue weighted by atomic mass is 16.4. The van der Waals surface area contributed by atoms with E-state index in [4.69, 9.17) is 5.11 Å². The third kappa shape index (κ3) is 11.3. The van der Waals surface area contributed by atoms with E-state index >= 15 is 0 Å². The van der Waals surface area contributed by atoms with Crippen LogP contribution in [0.5, 0.6) is 0 Å². The molecule has 4 nitrogen and oxygen atoms in total. The van der Waals surface area contributed by atoms with E-state index in [1.807, 2.05) is 24.4 Å². The number of carbonyl (C=O) groups is 1. The molecule has 0 fully saturated rings. The Bertz CT molecular complexity index is 766. The zero-order valence-electron chi connectivity index (χ0n) is 18.7. The van der Waals surface area contributed by atoms with Gasteiger partial charge in [0.25, 0.3) is 0 Å². The predicted octanol–water partition coefficient (Wildman–Crippen LogP) is 7.89. The van der Waals surface area contributed by atoms with Gasteiger partial charge in [-0.2, -0.15) is 0 Å². The first-order valence-electron chi connectivity index (χ1n) is 11.7. The Hall–Kier alpha value is -2.75. The van der Waals surface area contributed by atoms with E-state index in [9.17, 15) is 4.79 Å². The van der Waals surface area contributed by atoms with E-state index in [-0.39, 0.29) is 6.04 Å². The van der Waals surface area contributed by atoms with Gasteiger partial charge in [-0.25, -0.2) is 4.79 Å². The molecule has 1 aromatic heterocycles. The van der Waals surface area contributed by atoms with Gasteiger partial charge in [0.2, 0.25) is 0 Å². The molecule has 1 aromatic carbocycles. The van der Waals surface area contributed by atoms with Crippen LogP contribution in [0.1, 0.15) is 70.3 Å². The average Bonchev–Trinajstić information content (AvgIpc) is 3.29. The Morgan fingerprint density at radius 1 is 0.968 bits per heavy atom. The number of carboxylic acids is 1. The minimum absolute atomic E-state index is 0.146. The number of benzene rings is 1. The summed E-state index contributed by atoms with van der Waals surface area (Å²) >= 11 is 0. The quantitative estimate of drug-likeness (QED) is 0.214. The average molecular weight is 422 g/mol. The summed E-state index contributed by atoms with van der Waals surface area (Å²) in [6.07, 6.45) is 20.0. The number of unbranched alkanes of at least 4 members (excludes halogenated alkanes) is 5. The fourth-order valence-corrected chi connectivity index (χ4v) is 3.70. The van der Waals surface area contributed by atoms with Gasteiger partial charge in [0.05, 0.1) is 0 Å². The smallest absolute Gasteiger partial charge is 0.327 e. The summed E-state index contributed by atoms with van der Waals surface area (Å²) < 4.78 is 0. The molecule has 0 saturated carbocycles. The first-order valence-corrected chi connectivity index (χ1v) is 11.7. The number of allylic oxidation sites excluding steroid dienone is 1. The summed E-state index contributed by atoms with van der Waals surface area (Å²) in [4.78, 5) is 14.1. The molecule has 0 saturated heterocycles. The maximum absolute atomic E-state index is 11.0. The van der Waals surface area contributed by atoms with Crippen molar-refractivity contribution in [1.29, 1.82) is 0 Å². The standard InChI is InChI=1S/C27H37N2O2/c1-2-3-4-5-6-8-14-24(17-16-23-12-9-7-10-13-23)18-19-25(20-21-27(30)31)29-26-15-11-22-28-26/h7,9-13,15-17,20-22,24-25,28H,2-6,8,14,18-19H2,1H3,(H,30,31)/q-1. The molecule has 168 valence electrons. The van der Waals surface area contributed by atoms with Gasteiger partial charge in [-0.05, 0) is 36.8 Å². The lowest BCUT2D eigenvalue weighted by Gasteiger charge is -2.23. The summed E-state index contributed by atoms with van der Waals surface area (Å²) in [5.74, 6) is 0.317. The van der Waals surface area contributed by atoms with E-state index < -0.39 is 5.97 Å². The third-order valence-corrected chi connectivity index (χ3v) is 5.47. The number of rotatable bonds is 16. The van der Waals surface area contributed by atoms with Crippen LogP contribution in [0.25, 0.3) is 11.4 Å². The largest absolute Gasteiger partial charge is 0.478 e. The van der Waals surface area contributed by atoms with Crippen LogP contribution in [0.2, 0.25) is 0 Å². The van der Waals surface area contributed by atoms with E-state index in [1.54, 1.807) is 6.08 Å². The number of aromatic nitrogens is 1. The molecule has 0 spiro atoms. The molecule has 2 rings (SSSR count). The molecule has 0 aliphatic carbocycles. The molecule has 31 heavy (non-hydrogen) atoms. The number of hydrogen-bond donors (Lipinski definition) is 2. The van der Waals surface area contributed by atoms with Gasteiger partial charge in [-0.1, -0.05) is 118 Å². The molecule has 0 aliphatic rings. The molecule has 0 amide bonds. The molecule has 0 radical (unpaired) electrons. The van der Waals surface area contributed by atoms with E-state index in [0.29, 0.717) is 5.92 Å². The normalized spacial score (nSPS) is 13.6. The molecule has 2 atom stereocenters. The third-order valence-electron chi connectivity index (χ3n) is 5.47. The van der Waals surface area contributed by atoms with Crippen molar-refractivity contribution in [1.82, 2.24) is 4.98 Å². The first kappa shape index (κ1) is 24.5. The van der Waals surface area contributed by atoms with Crippen LogP contribution in [0, 0.1) is 5.92 Å². The second-order valence-corrected chi connectivity index (χ2v) is 8.11. The van der Waals surface area contributed by atoms with Gasteiger partial charge in [0.15, 0.2) is 0 Å². The molecular weight excluding hydrogens is 384 g/mol. The molecular formula is C27H37N2O2-. The predicted molar refractivity (Wildman–Crippen MR) is 131 cm³/mol. The topological polar surface area (TPSA) is 67.2 Å². The number of nitrogens with one attached hydrogen (secondary N) is 1. The van der Waals surface area contributed by atoms with Gasteiger partial charge >= 0.3 is 5.97 Å². The maximum atomic E-state index is 11.0. The van der Waals surface area contributed by atoms with Crippen LogP contribution < -0.4 is 0 Å². The molecule has 2 unspecified atom stereocenters. The van der Waals surface area contributed by atoms with Crippen molar-refractivity contribution in [2.24, 2.45) is 5.92 Å². The van der Waals surface area contributed by atoms with Gasteiger partial charge < -0.3 is 15.4 Å². The van der Waals surface area contributed by atoms with Crippen molar-refractivity contribution in [2.75, 3.05) is 0 Å². The summed E-state index contributed by atoms with van der Waals surface area (Å²) in [5.41, 5.74) is 1.22. The molecule has 2 aromatic rings. The summed E-state index contributed by atoms with van der Waals surface area (Å²) in [7, 11) is 0. The Kier molecular flexibility index (Phi) is 12.0. The Balaban J connectivity index is 1.95. The minimum Gasteiger partial charge on any atom is -0.478 e. The Morgan fingerprint density at radius 2 is 1.74 bits per heavy atom. The molecule has 0 aliphatic heterocycles. The fourth-order valence-electron chi connectivity index (χ4n) is 3.70. The summed E-state index contributed by atoms with van der Waals surface area (Å²) in [6.45, 7) is 2.25. The highest BCUT2D eigenvalue weighted by molar-refractivity contribution is 5.80. The Morgan fingerprint density at radius 3 is 2.45 bits per heavy atom. The van der Waals surface area contributed by atoms with Crippen LogP contribution >= 0.6 is 0 Å². The monoisotopic (exact) mass is 421 g/mol. The highest BCUT2D eigenvalue weighted by Crippen LogP contribution is 2.26. The zero-order chi connectivity index (χ0) is 22.2. The lowest BCUT2D eigenvalue weighted by molar-refractivity contribution is -0.131. The Labute approximate surface area is 187 Å². The van der Waals surface area contributed by atoms with E-state index in [0.717, 1.165) is 25.1 Å². The number of carboxylic acid groups (broad SMARTS) is 1. The van der Waals surface area contributed by atoms with E-state index in [2.05, 4.69) is 53.6 Å². The van der Waals surface area contributed by atoms with Crippen molar-refractivity contribution >= 4 is 17.9 Å². The van der Waals surface area contributed by atoms with Gasteiger partial charge in [-0.3, -0.25) is 0 Å². The van der Waals surface area contributed by atoms with Gasteiger partial charge in [-0.15, -0.1) is 0 Å². The highest BCUT2D eigenvalue weighted by Gasteiger charge is 2.09. The van der Waals surface area contributed by atoms with Crippen LogP contribution in [-0.4, -0.2) is 22.1 Å². The lowest BCUT2D eigenvalue weighted by Crippen LogP contribution is -2.07. The van der Waals surface area contributed by atoms with Crippen LogP contribution in [0.4, 0.5) is 5.82 Å². The molecule has 2 N–H and O–H groups in total. The summed E-state index contributed by atoms with van der Waals surface area (Å²) in [5, 5.41) is 13.7. The minimum atomic E-state index is -0.931. The molecule has 0 bridgehead atoms. The van der Waals surface area contributed by atoms with Gasteiger partial charge in [0, 0.05) is 6.08 Å². The number of nitrogens with zero attached hydrogens (tertiary/aromatic N) is 1. The second-order valence-electron chi connectivity index (χ2n) is 8.11. The van der Waals surface area contributed by atoms with Crippen LogP contribution in [-0.2, 0) is 4.79 Å². The van der Waals surface area contributed by atoms with Crippen LogP contribution in [0.3, 0.4) is 0 Å². The summed E-state index contributed by atoms with van der Waals surface area (Å²) in [6, 6.07) is 14.1. The van der Waals surface area contributed by atoms with Crippen molar-refractivity contribution in [3.05, 3.63) is 77.8 Å². The molecule has 1 heterocycles. The first-order chi connectivity index (χ1) is 15.2. The number of H-pyrrole nitrogens is 1. The lowest BCUT2D eigenvalue weighted by atomic mass is 9.92. The maximum Gasteiger partial charge on any atom is 0.327 e. The SMILES string of the molecule is CCCCCCCCC(C=Cc1ccccc1)CCC(C=CC(=O)O)[N-]c1ccc[nH]1. The van der Waals surface area contributed by atoms with Crippen molar-refractivity contribution in [3.8, 4) is 0 Å². The van der Waals surface area contributed by atoms with Gasteiger partial charge in [0.1, 0.15) is 0 Å². The fraction of sp³-hybridized carbons (Fsp3) is 0.444. The number of aromatic amines is 1. The van der Waals surface area contributed by atoms with E-state index in [1.165, 1.54) is 50.2 Å². The van der Waals surface area contributed by atoms with Crippen molar-refractivity contribution in [3.63, 3.8) is 0 Å². The number of aliphatic carboxylic acids is 1. The number of hydrogen-bond acceptors (Lipinski definition) is 1. The molecule has 4 heteroatoms. The van der Waals surface area contributed by atoms with Crippen molar-refractivity contribution < 1.29 is 9.90 Å². The zero-order valence-corrected chi connectivity index (χ0v) is 18.7.